The number of nitrogens with one attached hydrogen (secondary N) is 1. The molecule has 2 amide bonds. The molecule has 0 spiro atoms. The second-order valence-electron chi connectivity index (χ2n) is 7.59. The Morgan fingerprint density at radius 3 is 2.58 bits per heavy atom. The van der Waals surface area contributed by atoms with Crippen LogP contribution in [0.4, 0.5) is 0 Å². The van der Waals surface area contributed by atoms with Crippen LogP contribution in [0.1, 0.15) is 48.9 Å². The van der Waals surface area contributed by atoms with Gasteiger partial charge in [-0.2, -0.15) is 11.3 Å². The van der Waals surface area contributed by atoms with Gasteiger partial charge in [0.25, 0.3) is 5.91 Å². The molecule has 26 heavy (non-hydrogen) atoms. The summed E-state index contributed by atoms with van der Waals surface area (Å²) in [4.78, 5) is 29.4. The first-order chi connectivity index (χ1) is 12.2. The van der Waals surface area contributed by atoms with Gasteiger partial charge < -0.3 is 15.1 Å². The maximum Gasteiger partial charge on any atom is 0.254 e. The summed E-state index contributed by atoms with van der Waals surface area (Å²) in [7, 11) is 0. The van der Waals surface area contributed by atoms with Gasteiger partial charge in [-0.3, -0.25) is 9.59 Å². The molecule has 3 heterocycles. The standard InChI is InChI=1S/C19H27N3O2S.ClH/c23-18(15-6-11-25-13-15)21-7-3-8-22(10-9-21)19(24)17-12-14-4-1-2-5-16(14)20-17;/h6,11,13-14,16-17,20H,1-5,7-10,12H2;1H. The molecular weight excluding hydrogens is 370 g/mol. The molecule has 0 radical (unpaired) electrons. The van der Waals surface area contributed by atoms with Crippen LogP contribution in [0.3, 0.4) is 0 Å². The highest BCUT2D eigenvalue weighted by atomic mass is 35.5. The van der Waals surface area contributed by atoms with Gasteiger partial charge in [0.05, 0.1) is 11.6 Å². The van der Waals surface area contributed by atoms with Gasteiger partial charge in [-0.05, 0) is 43.0 Å². The summed E-state index contributed by atoms with van der Waals surface area (Å²) in [5.41, 5.74) is 0.770. The van der Waals surface area contributed by atoms with E-state index in [2.05, 4.69) is 5.32 Å². The number of carbonyl (C=O) groups is 2. The minimum absolute atomic E-state index is 0. The van der Waals surface area contributed by atoms with Crippen LogP contribution in [-0.4, -0.2) is 59.9 Å². The monoisotopic (exact) mass is 397 g/mol. The molecule has 7 heteroatoms. The van der Waals surface area contributed by atoms with E-state index < -0.39 is 0 Å². The number of rotatable bonds is 2. The number of hydrogen-bond donors (Lipinski definition) is 1. The first-order valence-electron chi connectivity index (χ1n) is 9.58. The summed E-state index contributed by atoms with van der Waals surface area (Å²) in [6.07, 6.45) is 6.95. The van der Waals surface area contributed by atoms with Gasteiger partial charge in [0.2, 0.25) is 5.91 Å². The number of halogens is 1. The Balaban J connectivity index is 0.00000196. The Morgan fingerprint density at radius 2 is 1.81 bits per heavy atom. The second-order valence-corrected chi connectivity index (χ2v) is 8.37. The molecule has 0 aromatic carbocycles. The van der Waals surface area contributed by atoms with Crippen LogP contribution in [0.25, 0.3) is 0 Å². The first-order valence-corrected chi connectivity index (χ1v) is 10.5. The molecule has 1 saturated carbocycles. The Labute approximate surface area is 165 Å². The SMILES string of the molecule is Cl.O=C(c1ccsc1)N1CCCN(C(=O)C2CC3CCCCC3N2)CC1. The molecule has 3 unspecified atom stereocenters. The predicted octanol–water partition coefficient (Wildman–Crippen LogP) is 2.77. The number of amides is 2. The Kier molecular flexibility index (Phi) is 6.59. The Morgan fingerprint density at radius 1 is 1.04 bits per heavy atom. The zero-order chi connectivity index (χ0) is 17.2. The fraction of sp³-hybridized carbons (Fsp3) is 0.684. The molecule has 3 atom stereocenters. The lowest BCUT2D eigenvalue weighted by molar-refractivity contribution is -0.133. The van der Waals surface area contributed by atoms with E-state index in [0.717, 1.165) is 31.5 Å². The average Bonchev–Trinajstić information content (AvgIpc) is 3.25. The zero-order valence-electron chi connectivity index (χ0n) is 15.1. The molecule has 5 nitrogen and oxygen atoms in total. The topological polar surface area (TPSA) is 52.7 Å². The largest absolute Gasteiger partial charge is 0.340 e. The summed E-state index contributed by atoms with van der Waals surface area (Å²) in [5, 5.41) is 7.44. The van der Waals surface area contributed by atoms with Crippen LogP contribution in [0, 0.1) is 5.92 Å². The number of nitrogens with zero attached hydrogens (tertiary/aromatic N) is 2. The molecule has 4 rings (SSSR count). The van der Waals surface area contributed by atoms with Crippen LogP contribution in [0.2, 0.25) is 0 Å². The molecule has 3 aliphatic rings. The predicted molar refractivity (Wildman–Crippen MR) is 106 cm³/mol. The third-order valence-corrected chi connectivity index (χ3v) is 6.71. The van der Waals surface area contributed by atoms with Crippen LogP contribution in [-0.2, 0) is 4.79 Å². The smallest absolute Gasteiger partial charge is 0.254 e. The van der Waals surface area contributed by atoms with Crippen LogP contribution in [0.5, 0.6) is 0 Å². The van der Waals surface area contributed by atoms with Crippen molar-refractivity contribution in [2.75, 3.05) is 26.2 Å². The van der Waals surface area contributed by atoms with Crippen molar-refractivity contribution in [3.05, 3.63) is 22.4 Å². The van der Waals surface area contributed by atoms with E-state index in [1.807, 2.05) is 26.6 Å². The van der Waals surface area contributed by atoms with Crippen molar-refractivity contribution in [3.63, 3.8) is 0 Å². The fourth-order valence-corrected chi connectivity index (χ4v) is 5.27. The molecular formula is C19H28ClN3O2S. The second kappa shape index (κ2) is 8.72. The summed E-state index contributed by atoms with van der Waals surface area (Å²) < 4.78 is 0. The number of thiophene rings is 1. The van der Waals surface area contributed by atoms with Gasteiger partial charge in [-0.25, -0.2) is 0 Å². The van der Waals surface area contributed by atoms with Gasteiger partial charge in [-0.15, -0.1) is 12.4 Å². The van der Waals surface area contributed by atoms with Crippen molar-refractivity contribution in [1.82, 2.24) is 15.1 Å². The molecule has 0 bridgehead atoms. The van der Waals surface area contributed by atoms with Gasteiger partial charge in [0.15, 0.2) is 0 Å². The highest BCUT2D eigenvalue weighted by Gasteiger charge is 2.39. The molecule has 1 aromatic heterocycles. The Hall–Kier alpha value is -1.11. The van der Waals surface area contributed by atoms with E-state index in [-0.39, 0.29) is 30.3 Å². The lowest BCUT2D eigenvalue weighted by atomic mass is 9.85. The number of hydrogen-bond acceptors (Lipinski definition) is 4. The normalized spacial score (nSPS) is 28.8. The molecule has 2 aliphatic heterocycles. The van der Waals surface area contributed by atoms with E-state index in [9.17, 15) is 9.59 Å². The maximum absolute atomic E-state index is 13.0. The highest BCUT2D eigenvalue weighted by molar-refractivity contribution is 7.08. The number of carbonyl (C=O) groups excluding carboxylic acids is 2. The minimum atomic E-state index is -0.00720. The summed E-state index contributed by atoms with van der Waals surface area (Å²) in [6.45, 7) is 2.80. The van der Waals surface area contributed by atoms with Crippen LogP contribution < -0.4 is 5.32 Å². The van der Waals surface area contributed by atoms with Crippen molar-refractivity contribution in [2.45, 2.75) is 50.6 Å². The van der Waals surface area contributed by atoms with Gasteiger partial charge in [-0.1, -0.05) is 12.8 Å². The molecule has 1 N–H and O–H groups in total. The van der Waals surface area contributed by atoms with E-state index in [0.29, 0.717) is 25.0 Å². The van der Waals surface area contributed by atoms with Crippen LogP contribution in [0.15, 0.2) is 16.8 Å². The third-order valence-electron chi connectivity index (χ3n) is 6.02. The molecule has 1 aromatic rings. The molecule has 2 saturated heterocycles. The highest BCUT2D eigenvalue weighted by Crippen LogP contribution is 2.33. The van der Waals surface area contributed by atoms with Gasteiger partial charge in [0.1, 0.15) is 0 Å². The quantitative estimate of drug-likeness (QED) is 0.834. The molecule has 3 fully saturated rings. The first kappa shape index (κ1) is 19.6. The summed E-state index contributed by atoms with van der Waals surface area (Å²) in [6, 6.07) is 2.42. The van der Waals surface area contributed by atoms with Crippen molar-refractivity contribution in [1.29, 1.82) is 0 Å². The summed E-state index contributed by atoms with van der Waals surface area (Å²) >= 11 is 1.55. The van der Waals surface area contributed by atoms with Crippen molar-refractivity contribution in [3.8, 4) is 0 Å². The molecule has 1 aliphatic carbocycles. The van der Waals surface area contributed by atoms with Crippen LogP contribution >= 0.6 is 23.7 Å². The van der Waals surface area contributed by atoms with E-state index >= 15 is 0 Å². The zero-order valence-corrected chi connectivity index (χ0v) is 16.7. The van der Waals surface area contributed by atoms with Crippen molar-refractivity contribution < 1.29 is 9.59 Å². The minimum Gasteiger partial charge on any atom is -0.340 e. The average molecular weight is 398 g/mol. The van der Waals surface area contributed by atoms with Gasteiger partial charge >= 0.3 is 0 Å². The Bertz CT molecular complexity index is 610. The van der Waals surface area contributed by atoms with Crippen molar-refractivity contribution >= 4 is 35.6 Å². The van der Waals surface area contributed by atoms with E-state index in [4.69, 9.17) is 0 Å². The van der Waals surface area contributed by atoms with Gasteiger partial charge in [0, 0.05) is 37.6 Å². The fourth-order valence-electron chi connectivity index (χ4n) is 4.64. The van der Waals surface area contributed by atoms with Crippen molar-refractivity contribution in [2.24, 2.45) is 5.92 Å². The molecule has 144 valence electrons. The lowest BCUT2D eigenvalue weighted by Gasteiger charge is -2.25. The maximum atomic E-state index is 13.0. The van der Waals surface area contributed by atoms with E-state index in [1.54, 1.807) is 11.3 Å². The van der Waals surface area contributed by atoms with E-state index in [1.165, 1.54) is 25.7 Å². The number of fused-ring (bicyclic) bond motifs is 1. The third kappa shape index (κ3) is 4.07. The summed E-state index contributed by atoms with van der Waals surface area (Å²) in [5.74, 6) is 1.03. The lowest BCUT2D eigenvalue weighted by Crippen LogP contribution is -2.46.